The Morgan fingerprint density at radius 1 is 0.571 bits per heavy atom. The van der Waals surface area contributed by atoms with E-state index in [2.05, 4.69) is 15.0 Å². The van der Waals surface area contributed by atoms with Gasteiger partial charge in [-0.3, -0.25) is 29.1 Å². The molecule has 2 heterocycles. The molecule has 0 fully saturated rings. The van der Waals surface area contributed by atoms with Gasteiger partial charge < -0.3 is 18.9 Å². The Morgan fingerprint density at radius 2 is 1.06 bits per heavy atom. The summed E-state index contributed by atoms with van der Waals surface area (Å²) in [6.45, 7) is 11.7. The molecule has 5 rings (SSSR count). The number of hydrogen-bond acceptors (Lipinski definition) is 8. The van der Waals surface area contributed by atoms with Gasteiger partial charge in [0.25, 0.3) is 11.1 Å². The lowest BCUT2D eigenvalue weighted by molar-refractivity contribution is 0.391. The van der Waals surface area contributed by atoms with E-state index in [-0.39, 0.29) is 18.3 Å². The number of aryl methyl sites for hydroxylation is 4. The highest BCUT2D eigenvalue weighted by Crippen LogP contribution is 2.28. The number of rotatable bonds is 10. The number of ether oxygens (including phenoxy) is 4. The third-order valence-electron chi connectivity index (χ3n) is 7.53. The van der Waals surface area contributed by atoms with E-state index in [0.717, 1.165) is 27.8 Å². The molecule has 258 valence electrons. The van der Waals surface area contributed by atoms with Crippen LogP contribution in [0.5, 0.6) is 34.8 Å². The summed E-state index contributed by atoms with van der Waals surface area (Å²) in [6, 6.07) is 16.9. The number of H-pyrrole nitrogens is 3. The zero-order valence-electron chi connectivity index (χ0n) is 29.0. The number of hydrogen-bond donors (Lipinski definition) is 3. The Morgan fingerprint density at radius 3 is 1.55 bits per heavy atom. The summed E-state index contributed by atoms with van der Waals surface area (Å²) in [5.41, 5.74) is 3.81. The molecule has 0 atom stereocenters. The second-order valence-corrected chi connectivity index (χ2v) is 11.6. The Balaban J connectivity index is 0.000000244. The van der Waals surface area contributed by atoms with Gasteiger partial charge in [0.15, 0.2) is 0 Å². The molecule has 0 saturated carbocycles. The normalized spacial score (nSPS) is 10.6. The van der Waals surface area contributed by atoms with Crippen molar-refractivity contribution in [2.24, 2.45) is 0 Å². The van der Waals surface area contributed by atoms with Crippen LogP contribution in [-0.4, -0.2) is 33.7 Å². The van der Waals surface area contributed by atoms with Crippen molar-refractivity contribution in [2.45, 2.75) is 60.9 Å². The van der Waals surface area contributed by atoms with Crippen LogP contribution < -0.4 is 41.4 Å². The molecule has 0 aliphatic rings. The summed E-state index contributed by atoms with van der Waals surface area (Å²) >= 11 is 0. The molecule has 0 spiro atoms. The van der Waals surface area contributed by atoms with Crippen molar-refractivity contribution in [1.82, 2.24) is 19.5 Å². The molecule has 0 unspecified atom stereocenters. The van der Waals surface area contributed by atoms with Crippen molar-refractivity contribution >= 4 is 0 Å². The fourth-order valence-electron chi connectivity index (χ4n) is 5.42. The fourth-order valence-corrected chi connectivity index (χ4v) is 5.42. The molecule has 0 aliphatic carbocycles. The number of aromatic nitrogens is 4. The smallest absolute Gasteiger partial charge is 0.331 e. The first kappa shape index (κ1) is 36.1. The van der Waals surface area contributed by atoms with Crippen molar-refractivity contribution < 1.29 is 18.9 Å². The molecule has 0 saturated heterocycles. The van der Waals surface area contributed by atoms with Crippen LogP contribution >= 0.6 is 0 Å². The van der Waals surface area contributed by atoms with E-state index in [1.165, 1.54) is 4.57 Å². The van der Waals surface area contributed by atoms with E-state index < -0.39 is 22.5 Å². The second-order valence-electron chi connectivity index (χ2n) is 11.6. The molecule has 0 amide bonds. The van der Waals surface area contributed by atoms with Gasteiger partial charge in [-0.1, -0.05) is 26.0 Å². The maximum Gasteiger partial charge on any atom is 0.331 e. The standard InChI is InChI=1S/C23H26N2O5.C14H16N2O3/c1-6-20-21(26)24-23(27)25(13-16-10-17(28-4)12-18(11-16)29-5)22(20)30-19-8-14(2)7-15(3)9-19;1-4-11-12(17)15-14(18)16-13(11)19-10-6-8(2)5-9(3)7-10/h7-12H,6,13H2,1-5H3,(H,24,26,27);5-7H,4H2,1-3H3,(H2,15,16,17,18). The molecule has 0 radical (unpaired) electrons. The van der Waals surface area contributed by atoms with E-state index in [4.69, 9.17) is 18.9 Å². The van der Waals surface area contributed by atoms with Gasteiger partial charge in [0.05, 0.1) is 31.9 Å². The van der Waals surface area contributed by atoms with Crippen LogP contribution in [0.15, 0.2) is 73.8 Å². The number of nitrogens with zero attached hydrogens (tertiary/aromatic N) is 1. The van der Waals surface area contributed by atoms with Crippen LogP contribution in [0.4, 0.5) is 0 Å². The quantitative estimate of drug-likeness (QED) is 0.173. The Labute approximate surface area is 283 Å². The van der Waals surface area contributed by atoms with Crippen LogP contribution in [0.1, 0.15) is 52.8 Å². The molecule has 5 aromatic rings. The van der Waals surface area contributed by atoms with Crippen LogP contribution in [-0.2, 0) is 19.4 Å². The minimum absolute atomic E-state index is 0.177. The maximum atomic E-state index is 12.7. The molecular weight excluding hydrogens is 628 g/mol. The van der Waals surface area contributed by atoms with Gasteiger partial charge in [-0.15, -0.1) is 0 Å². The van der Waals surface area contributed by atoms with Crippen molar-refractivity contribution in [1.29, 1.82) is 0 Å². The number of aromatic amines is 3. The lowest BCUT2D eigenvalue weighted by Gasteiger charge is -2.17. The zero-order valence-corrected chi connectivity index (χ0v) is 29.0. The van der Waals surface area contributed by atoms with Gasteiger partial charge in [-0.2, -0.15) is 0 Å². The summed E-state index contributed by atoms with van der Waals surface area (Å²) in [4.78, 5) is 55.2. The third kappa shape index (κ3) is 9.19. The monoisotopic (exact) mass is 670 g/mol. The minimum atomic E-state index is -0.568. The highest BCUT2D eigenvalue weighted by molar-refractivity contribution is 5.41. The Hall–Kier alpha value is -5.78. The zero-order chi connectivity index (χ0) is 35.8. The van der Waals surface area contributed by atoms with Crippen LogP contribution in [0, 0.1) is 27.7 Å². The molecule has 2 aromatic heterocycles. The molecule has 12 heteroatoms. The van der Waals surface area contributed by atoms with Crippen LogP contribution in [0.2, 0.25) is 0 Å². The summed E-state index contributed by atoms with van der Waals surface area (Å²) in [5.74, 6) is 2.83. The predicted molar refractivity (Wildman–Crippen MR) is 188 cm³/mol. The fraction of sp³-hybridized carbons (Fsp3) is 0.297. The van der Waals surface area contributed by atoms with Gasteiger partial charge in [0.1, 0.15) is 23.0 Å². The summed E-state index contributed by atoms with van der Waals surface area (Å²) in [5, 5.41) is 0. The first-order chi connectivity index (χ1) is 23.3. The van der Waals surface area contributed by atoms with Gasteiger partial charge in [-0.05, 0) is 105 Å². The first-order valence-corrected chi connectivity index (χ1v) is 15.8. The molecule has 49 heavy (non-hydrogen) atoms. The van der Waals surface area contributed by atoms with Crippen LogP contribution in [0.25, 0.3) is 0 Å². The number of methoxy groups -OCH3 is 2. The lowest BCUT2D eigenvalue weighted by Crippen LogP contribution is -2.33. The van der Waals surface area contributed by atoms with E-state index in [1.807, 2.05) is 90.1 Å². The highest BCUT2D eigenvalue weighted by atomic mass is 16.5. The SMILES string of the molecule is CCc1c(Oc2cc(C)cc(C)c2)[nH]c(=O)[nH]c1=O.CCc1c(Oc2cc(C)cc(C)c2)n(Cc2cc(OC)cc(OC)c2)c(=O)[nH]c1=O. The maximum absolute atomic E-state index is 12.7. The largest absolute Gasteiger partial charge is 0.497 e. The topological polar surface area (TPSA) is 158 Å². The highest BCUT2D eigenvalue weighted by Gasteiger charge is 2.18. The molecule has 0 bridgehead atoms. The molecule has 0 aliphatic heterocycles. The minimum Gasteiger partial charge on any atom is -0.497 e. The molecular formula is C37H42N4O8. The lowest BCUT2D eigenvalue weighted by atomic mass is 10.1. The average Bonchev–Trinajstić information content (AvgIpc) is 3.02. The van der Waals surface area contributed by atoms with Gasteiger partial charge in [-0.25, -0.2) is 9.59 Å². The Kier molecular flexibility index (Phi) is 11.7. The average molecular weight is 671 g/mol. The number of nitrogens with one attached hydrogen (secondary N) is 3. The van der Waals surface area contributed by atoms with Gasteiger partial charge in [0.2, 0.25) is 11.8 Å². The Bertz CT molecular complexity index is 2130. The first-order valence-electron chi connectivity index (χ1n) is 15.8. The van der Waals surface area contributed by atoms with E-state index >= 15 is 0 Å². The summed E-state index contributed by atoms with van der Waals surface area (Å²) < 4.78 is 23.8. The van der Waals surface area contributed by atoms with Crippen molar-refractivity contribution in [3.8, 4) is 34.8 Å². The second kappa shape index (κ2) is 15.9. The van der Waals surface area contributed by atoms with E-state index in [1.54, 1.807) is 20.3 Å². The van der Waals surface area contributed by atoms with Crippen molar-refractivity contribution in [3.63, 3.8) is 0 Å². The molecule has 12 nitrogen and oxygen atoms in total. The van der Waals surface area contributed by atoms with E-state index in [9.17, 15) is 19.2 Å². The van der Waals surface area contributed by atoms with E-state index in [0.29, 0.717) is 47.0 Å². The summed E-state index contributed by atoms with van der Waals surface area (Å²) in [7, 11) is 3.13. The van der Waals surface area contributed by atoms with Gasteiger partial charge >= 0.3 is 11.4 Å². The van der Waals surface area contributed by atoms with Crippen LogP contribution in [0.3, 0.4) is 0 Å². The number of benzene rings is 3. The molecule has 3 N–H and O–H groups in total. The van der Waals surface area contributed by atoms with Crippen molar-refractivity contribution in [3.05, 3.63) is 135 Å². The third-order valence-corrected chi connectivity index (χ3v) is 7.53. The van der Waals surface area contributed by atoms with Gasteiger partial charge in [0, 0.05) is 6.07 Å². The predicted octanol–water partition coefficient (Wildman–Crippen LogP) is 5.61. The summed E-state index contributed by atoms with van der Waals surface area (Å²) in [6.07, 6.45) is 0.892. The van der Waals surface area contributed by atoms with Crippen molar-refractivity contribution in [2.75, 3.05) is 14.2 Å². The molecule has 3 aromatic carbocycles.